The van der Waals surface area contributed by atoms with Gasteiger partial charge in [0.15, 0.2) is 0 Å². The number of carbonyl (C=O) groups excluding carboxylic acids is 1. The molecule has 0 aromatic heterocycles. The fraction of sp³-hybridized carbons (Fsp3) is 0.533. The summed E-state index contributed by atoms with van der Waals surface area (Å²) in [6.45, 7) is -2.90. The van der Waals surface area contributed by atoms with Crippen molar-refractivity contribution in [2.75, 3.05) is 7.05 Å². The Balaban J connectivity index is 2.11. The fourth-order valence-corrected chi connectivity index (χ4v) is 2.78. The van der Waals surface area contributed by atoms with Gasteiger partial charge in [0.1, 0.15) is 5.75 Å². The number of nitrogens with two attached hydrogens (primary N) is 1. The van der Waals surface area contributed by atoms with Crippen LogP contribution in [0.4, 0.5) is 8.78 Å². The number of benzene rings is 1. The highest BCUT2D eigenvalue weighted by Crippen LogP contribution is 2.23. The summed E-state index contributed by atoms with van der Waals surface area (Å²) in [5, 5.41) is 0. The Kier molecular flexibility index (Phi) is 5.12. The molecule has 1 aliphatic rings. The number of carbonyl (C=O) groups is 1. The molecule has 1 saturated carbocycles. The third-order valence-electron chi connectivity index (χ3n) is 3.91. The zero-order chi connectivity index (χ0) is 15.4. The second kappa shape index (κ2) is 6.85. The number of hydrogen-bond acceptors (Lipinski definition) is 3. The second-order valence-electron chi connectivity index (χ2n) is 5.34. The van der Waals surface area contributed by atoms with E-state index in [9.17, 15) is 13.6 Å². The van der Waals surface area contributed by atoms with Gasteiger partial charge >= 0.3 is 6.61 Å². The smallest absolute Gasteiger partial charge is 0.387 e. The molecule has 116 valence electrons. The largest absolute Gasteiger partial charge is 0.435 e. The van der Waals surface area contributed by atoms with E-state index in [1.165, 1.54) is 18.2 Å². The standard InChI is InChI=1S/C15H20F2N2O2/c1-19(13-8-3-2-7-12(13)18)14(20)10-5-4-6-11(9-10)21-15(16)17/h4-6,9,12-13,15H,2-3,7-8,18H2,1H3. The topological polar surface area (TPSA) is 55.6 Å². The molecule has 2 N–H and O–H groups in total. The quantitative estimate of drug-likeness (QED) is 0.929. The van der Waals surface area contributed by atoms with Crippen LogP contribution in [-0.4, -0.2) is 36.5 Å². The van der Waals surface area contributed by atoms with E-state index in [4.69, 9.17) is 5.73 Å². The summed E-state index contributed by atoms with van der Waals surface area (Å²) in [6, 6.07) is 5.80. The van der Waals surface area contributed by atoms with Crippen LogP contribution in [-0.2, 0) is 0 Å². The fourth-order valence-electron chi connectivity index (χ4n) is 2.78. The maximum Gasteiger partial charge on any atom is 0.387 e. The lowest BCUT2D eigenvalue weighted by Gasteiger charge is -2.36. The van der Waals surface area contributed by atoms with Crippen LogP contribution in [0.25, 0.3) is 0 Å². The predicted molar refractivity (Wildman–Crippen MR) is 75.4 cm³/mol. The maximum absolute atomic E-state index is 12.5. The van der Waals surface area contributed by atoms with E-state index in [0.717, 1.165) is 25.7 Å². The summed E-state index contributed by atoms with van der Waals surface area (Å²) in [7, 11) is 1.71. The minimum Gasteiger partial charge on any atom is -0.435 e. The molecule has 0 spiro atoms. The molecule has 1 amide bonds. The average Bonchev–Trinajstić information content (AvgIpc) is 2.46. The van der Waals surface area contributed by atoms with Gasteiger partial charge in [-0.3, -0.25) is 4.79 Å². The van der Waals surface area contributed by atoms with Gasteiger partial charge in [0, 0.05) is 24.7 Å². The maximum atomic E-state index is 12.5. The van der Waals surface area contributed by atoms with Gasteiger partial charge in [0.05, 0.1) is 0 Å². The molecule has 21 heavy (non-hydrogen) atoms. The minimum atomic E-state index is -2.90. The van der Waals surface area contributed by atoms with Crippen molar-refractivity contribution in [2.45, 2.75) is 44.4 Å². The lowest BCUT2D eigenvalue weighted by atomic mass is 9.90. The molecule has 0 aliphatic heterocycles. The molecule has 4 nitrogen and oxygen atoms in total. The van der Waals surface area contributed by atoms with Gasteiger partial charge in [0.2, 0.25) is 0 Å². The Bertz CT molecular complexity index is 496. The first-order valence-corrected chi connectivity index (χ1v) is 7.06. The minimum absolute atomic E-state index is 0.00840. The third-order valence-corrected chi connectivity index (χ3v) is 3.91. The Hall–Kier alpha value is -1.69. The van der Waals surface area contributed by atoms with Crippen LogP contribution < -0.4 is 10.5 Å². The van der Waals surface area contributed by atoms with Crippen LogP contribution in [0, 0.1) is 0 Å². The monoisotopic (exact) mass is 298 g/mol. The molecule has 2 rings (SSSR count). The van der Waals surface area contributed by atoms with E-state index >= 15 is 0 Å². The van der Waals surface area contributed by atoms with E-state index in [1.807, 2.05) is 0 Å². The molecule has 1 aromatic rings. The van der Waals surface area contributed by atoms with Crippen LogP contribution in [0.5, 0.6) is 5.75 Å². The zero-order valence-corrected chi connectivity index (χ0v) is 12.0. The second-order valence-corrected chi connectivity index (χ2v) is 5.34. The van der Waals surface area contributed by atoms with Crippen LogP contribution >= 0.6 is 0 Å². The molecule has 2 atom stereocenters. The van der Waals surface area contributed by atoms with Gasteiger partial charge < -0.3 is 15.4 Å². The zero-order valence-electron chi connectivity index (χ0n) is 12.0. The number of likely N-dealkylation sites (N-methyl/N-ethyl adjacent to an activating group) is 1. The predicted octanol–water partition coefficient (Wildman–Crippen LogP) is 2.63. The van der Waals surface area contributed by atoms with Gasteiger partial charge in [-0.25, -0.2) is 0 Å². The number of amides is 1. The number of hydrogen-bond donors (Lipinski definition) is 1. The van der Waals surface area contributed by atoms with E-state index in [1.54, 1.807) is 18.0 Å². The van der Waals surface area contributed by atoms with E-state index in [-0.39, 0.29) is 23.7 Å². The molecule has 0 bridgehead atoms. The highest BCUT2D eigenvalue weighted by Gasteiger charge is 2.28. The lowest BCUT2D eigenvalue weighted by Crippen LogP contribution is -2.50. The molecule has 0 radical (unpaired) electrons. The molecule has 1 fully saturated rings. The van der Waals surface area contributed by atoms with Crippen molar-refractivity contribution in [3.8, 4) is 5.75 Å². The van der Waals surface area contributed by atoms with Gasteiger partial charge in [-0.05, 0) is 31.0 Å². The molecule has 1 aromatic carbocycles. The van der Waals surface area contributed by atoms with Gasteiger partial charge in [-0.2, -0.15) is 8.78 Å². The number of halogens is 2. The SMILES string of the molecule is CN(C(=O)c1cccc(OC(F)F)c1)C1CCCCC1N. The van der Waals surface area contributed by atoms with Crippen LogP contribution in [0.3, 0.4) is 0 Å². The highest BCUT2D eigenvalue weighted by molar-refractivity contribution is 5.94. The Morgan fingerprint density at radius 2 is 2.10 bits per heavy atom. The molecule has 0 saturated heterocycles. The first-order chi connectivity index (χ1) is 9.99. The van der Waals surface area contributed by atoms with Crippen molar-refractivity contribution >= 4 is 5.91 Å². The molecule has 1 aliphatic carbocycles. The third kappa shape index (κ3) is 3.91. The number of ether oxygens (including phenoxy) is 1. The summed E-state index contributed by atoms with van der Waals surface area (Å²) in [4.78, 5) is 14.1. The summed E-state index contributed by atoms with van der Waals surface area (Å²) in [6.07, 6.45) is 3.90. The van der Waals surface area contributed by atoms with Crippen molar-refractivity contribution in [3.05, 3.63) is 29.8 Å². The summed E-state index contributed by atoms with van der Waals surface area (Å²) >= 11 is 0. The van der Waals surface area contributed by atoms with Crippen molar-refractivity contribution in [1.29, 1.82) is 0 Å². The summed E-state index contributed by atoms with van der Waals surface area (Å²) in [5.41, 5.74) is 6.40. The van der Waals surface area contributed by atoms with Crippen LogP contribution in [0.2, 0.25) is 0 Å². The van der Waals surface area contributed by atoms with Crippen LogP contribution in [0.15, 0.2) is 24.3 Å². The Labute approximate surface area is 122 Å². The van der Waals surface area contributed by atoms with Crippen LogP contribution in [0.1, 0.15) is 36.0 Å². The summed E-state index contributed by atoms with van der Waals surface area (Å²) < 4.78 is 28.8. The lowest BCUT2D eigenvalue weighted by molar-refractivity contribution is -0.0499. The van der Waals surface area contributed by atoms with Gasteiger partial charge in [-0.15, -0.1) is 0 Å². The normalized spacial score (nSPS) is 22.1. The molecule has 0 heterocycles. The number of nitrogens with zero attached hydrogens (tertiary/aromatic N) is 1. The van der Waals surface area contributed by atoms with E-state index in [2.05, 4.69) is 4.74 Å². The Morgan fingerprint density at radius 3 is 2.76 bits per heavy atom. The average molecular weight is 298 g/mol. The molecule has 2 unspecified atom stereocenters. The number of rotatable bonds is 4. The van der Waals surface area contributed by atoms with Gasteiger partial charge in [-0.1, -0.05) is 18.9 Å². The number of alkyl halides is 2. The van der Waals surface area contributed by atoms with E-state index in [0.29, 0.717) is 5.56 Å². The highest BCUT2D eigenvalue weighted by atomic mass is 19.3. The van der Waals surface area contributed by atoms with Gasteiger partial charge in [0.25, 0.3) is 5.91 Å². The van der Waals surface area contributed by atoms with Crippen molar-refractivity contribution in [2.24, 2.45) is 5.73 Å². The van der Waals surface area contributed by atoms with Crippen molar-refractivity contribution in [1.82, 2.24) is 4.90 Å². The summed E-state index contributed by atoms with van der Waals surface area (Å²) in [5.74, 6) is -0.241. The van der Waals surface area contributed by atoms with Crippen molar-refractivity contribution < 1.29 is 18.3 Å². The first-order valence-electron chi connectivity index (χ1n) is 7.06. The van der Waals surface area contributed by atoms with Crippen molar-refractivity contribution in [3.63, 3.8) is 0 Å². The Morgan fingerprint density at radius 1 is 1.38 bits per heavy atom. The molecule has 6 heteroatoms. The first kappa shape index (κ1) is 15.7. The molecular weight excluding hydrogens is 278 g/mol. The molecular formula is C15H20F2N2O2. The van der Waals surface area contributed by atoms with E-state index < -0.39 is 6.61 Å².